The van der Waals surface area contributed by atoms with Crippen molar-refractivity contribution in [3.8, 4) is 12.3 Å². The molecule has 0 saturated carbocycles. The molecule has 0 N–H and O–H groups in total. The Morgan fingerprint density at radius 2 is 2.55 bits per heavy atom. The maximum absolute atomic E-state index is 12.7. The molecule has 0 aromatic carbocycles. The van der Waals surface area contributed by atoms with Crippen LogP contribution in [0.2, 0.25) is 0 Å². The third-order valence-electron chi connectivity index (χ3n) is 1.49. The molecule has 62 valence electrons. The van der Waals surface area contributed by atoms with E-state index in [0.717, 1.165) is 0 Å². The van der Waals surface area contributed by atoms with Crippen LogP contribution in [0.3, 0.4) is 0 Å². The van der Waals surface area contributed by atoms with Crippen LogP contribution in [0.1, 0.15) is 0 Å². The van der Waals surface area contributed by atoms with Crippen LogP contribution >= 0.6 is 7.60 Å². The predicted octanol–water partition coefficient (Wildman–Crippen LogP) is 1.40. The van der Waals surface area contributed by atoms with Gasteiger partial charge in [0, 0.05) is 7.11 Å². The maximum Gasteiger partial charge on any atom is 0.334 e. The maximum atomic E-state index is 12.7. The van der Waals surface area contributed by atoms with Gasteiger partial charge in [-0.1, -0.05) is 5.92 Å². The van der Waals surface area contributed by atoms with Gasteiger partial charge < -0.3 is 4.52 Å². The first kappa shape index (κ1) is 8.73. The number of hydrogen-bond acceptors (Lipinski definition) is 3. The molecule has 0 amide bonds. The van der Waals surface area contributed by atoms with E-state index >= 15 is 0 Å². The largest absolute Gasteiger partial charge is 0.334 e. The highest BCUT2D eigenvalue weighted by Gasteiger charge is 2.43. The summed E-state index contributed by atoms with van der Waals surface area (Å²) in [6, 6.07) is 0. The van der Waals surface area contributed by atoms with Gasteiger partial charge in [0.05, 0.1) is 12.1 Å². The molecule has 0 spiro atoms. The summed E-state index contributed by atoms with van der Waals surface area (Å²) >= 11 is 0. The quantitative estimate of drug-likeness (QED) is 0.449. The fraction of sp³-hybridized carbons (Fsp3) is 0.667. The first-order valence-corrected chi connectivity index (χ1v) is 4.77. The Morgan fingerprint density at radius 1 is 1.91 bits per heavy atom. The Morgan fingerprint density at radius 3 is 2.82 bits per heavy atom. The average molecular weight is 178 g/mol. The van der Waals surface area contributed by atoms with Gasteiger partial charge in [-0.05, 0) is 0 Å². The molecule has 3 nitrogen and oxygen atoms in total. The molecule has 0 radical (unpaired) electrons. The number of terminal acetylenes is 1. The van der Waals surface area contributed by atoms with Crippen LogP contribution in [0.25, 0.3) is 0 Å². The van der Waals surface area contributed by atoms with E-state index in [1.54, 1.807) is 0 Å². The van der Waals surface area contributed by atoms with Gasteiger partial charge in [0.15, 0.2) is 0 Å². The van der Waals surface area contributed by atoms with Crippen LogP contribution in [0, 0.1) is 18.3 Å². The fourth-order valence-corrected chi connectivity index (χ4v) is 2.37. The van der Waals surface area contributed by atoms with Crippen LogP contribution in [0.15, 0.2) is 0 Å². The van der Waals surface area contributed by atoms with E-state index in [1.165, 1.54) is 7.11 Å². The summed E-state index contributed by atoms with van der Waals surface area (Å²) in [4.78, 5) is 0. The average Bonchev–Trinajstić information content (AvgIpc) is 2.27. The van der Waals surface area contributed by atoms with E-state index in [4.69, 9.17) is 6.42 Å². The number of hydrogen-bond donors (Lipinski definition) is 0. The van der Waals surface area contributed by atoms with Gasteiger partial charge in [0.2, 0.25) is 6.36 Å². The zero-order valence-electron chi connectivity index (χ0n) is 5.99. The number of halogens is 1. The van der Waals surface area contributed by atoms with Gasteiger partial charge in [-0.3, -0.25) is 9.09 Å². The lowest BCUT2D eigenvalue weighted by Gasteiger charge is -2.05. The van der Waals surface area contributed by atoms with Crippen molar-refractivity contribution in [1.29, 1.82) is 0 Å². The number of alkyl halides is 1. The Kier molecular flexibility index (Phi) is 2.34. The minimum absolute atomic E-state index is 0.0266. The molecular weight excluding hydrogens is 170 g/mol. The van der Waals surface area contributed by atoms with Crippen molar-refractivity contribution in [2.24, 2.45) is 5.92 Å². The van der Waals surface area contributed by atoms with Crippen LogP contribution in [0.5, 0.6) is 0 Å². The second-order valence-corrected chi connectivity index (χ2v) is 4.37. The molecule has 1 aliphatic rings. The van der Waals surface area contributed by atoms with Crippen molar-refractivity contribution in [2.75, 3.05) is 13.3 Å². The molecule has 0 aliphatic carbocycles. The smallest absolute Gasteiger partial charge is 0.312 e. The van der Waals surface area contributed by atoms with E-state index in [1.807, 2.05) is 0 Å². The molecule has 0 aromatic rings. The monoisotopic (exact) mass is 178 g/mol. The molecule has 1 heterocycles. The highest BCUT2D eigenvalue weighted by atomic mass is 31.2. The summed E-state index contributed by atoms with van der Waals surface area (Å²) in [5.41, 5.74) is 0. The molecule has 3 atom stereocenters. The first-order chi connectivity index (χ1) is 5.11. The van der Waals surface area contributed by atoms with Gasteiger partial charge in [-0.15, -0.1) is 6.42 Å². The SMILES string of the molecule is C#CC1CP(=O)(OC)OC1F. The normalized spacial score (nSPS) is 43.7. The minimum atomic E-state index is -3.20. The standard InChI is InChI=1S/C6H8FO3P/c1-3-5-4-11(8,9-2)10-6(5)7/h1,5-6H,4H2,2H3. The van der Waals surface area contributed by atoms with E-state index < -0.39 is 19.9 Å². The van der Waals surface area contributed by atoms with E-state index in [2.05, 4.69) is 15.0 Å². The molecule has 5 heteroatoms. The molecule has 1 aliphatic heterocycles. The Labute approximate surface area is 64.4 Å². The summed E-state index contributed by atoms with van der Waals surface area (Å²) in [7, 11) is -1.98. The Balaban J connectivity index is 2.72. The molecular formula is C6H8FO3P. The molecule has 1 rings (SSSR count). The zero-order valence-corrected chi connectivity index (χ0v) is 6.88. The van der Waals surface area contributed by atoms with Gasteiger partial charge in [0.25, 0.3) is 0 Å². The second kappa shape index (κ2) is 2.94. The third-order valence-corrected chi connectivity index (χ3v) is 3.41. The topological polar surface area (TPSA) is 35.5 Å². The molecule has 11 heavy (non-hydrogen) atoms. The van der Waals surface area contributed by atoms with Crippen molar-refractivity contribution in [3.05, 3.63) is 0 Å². The lowest BCUT2D eigenvalue weighted by molar-refractivity contribution is 0.0558. The van der Waals surface area contributed by atoms with E-state index in [0.29, 0.717) is 0 Å². The number of rotatable bonds is 1. The van der Waals surface area contributed by atoms with Crippen LogP contribution in [-0.4, -0.2) is 19.6 Å². The van der Waals surface area contributed by atoms with Gasteiger partial charge in [0.1, 0.15) is 0 Å². The van der Waals surface area contributed by atoms with Crippen molar-refractivity contribution in [3.63, 3.8) is 0 Å². The van der Waals surface area contributed by atoms with E-state index in [9.17, 15) is 8.96 Å². The molecule has 0 bridgehead atoms. The van der Waals surface area contributed by atoms with Gasteiger partial charge >= 0.3 is 7.60 Å². The summed E-state index contributed by atoms with van der Waals surface area (Å²) in [5, 5.41) is 0. The van der Waals surface area contributed by atoms with Crippen molar-refractivity contribution in [2.45, 2.75) is 6.36 Å². The minimum Gasteiger partial charge on any atom is -0.312 e. The highest BCUT2D eigenvalue weighted by molar-refractivity contribution is 7.54. The first-order valence-electron chi connectivity index (χ1n) is 3.05. The summed E-state index contributed by atoms with van der Waals surface area (Å²) < 4.78 is 32.8. The lowest BCUT2D eigenvalue weighted by atomic mass is 10.2. The molecule has 3 unspecified atom stereocenters. The molecule has 0 aromatic heterocycles. The fourth-order valence-electron chi connectivity index (χ4n) is 0.840. The lowest BCUT2D eigenvalue weighted by Crippen LogP contribution is -2.08. The van der Waals surface area contributed by atoms with Crippen molar-refractivity contribution >= 4 is 7.60 Å². The van der Waals surface area contributed by atoms with Gasteiger partial charge in [-0.25, -0.2) is 4.39 Å². The predicted molar refractivity (Wildman–Crippen MR) is 37.8 cm³/mol. The Bertz CT molecular complexity index is 234. The molecule has 1 fully saturated rings. The Hall–Kier alpha value is -0.360. The van der Waals surface area contributed by atoms with Gasteiger partial charge in [-0.2, -0.15) is 0 Å². The van der Waals surface area contributed by atoms with Crippen LogP contribution in [0.4, 0.5) is 4.39 Å². The highest BCUT2D eigenvalue weighted by Crippen LogP contribution is 2.56. The van der Waals surface area contributed by atoms with Crippen LogP contribution < -0.4 is 0 Å². The van der Waals surface area contributed by atoms with Crippen molar-refractivity contribution < 1.29 is 18.0 Å². The second-order valence-electron chi connectivity index (χ2n) is 2.21. The summed E-state index contributed by atoms with van der Waals surface area (Å²) in [5.74, 6) is 1.42. The van der Waals surface area contributed by atoms with Crippen LogP contribution in [-0.2, 0) is 13.6 Å². The third kappa shape index (κ3) is 1.62. The summed E-state index contributed by atoms with van der Waals surface area (Å²) in [6.07, 6.45) is 3.28. The molecule has 1 saturated heterocycles. The van der Waals surface area contributed by atoms with Crippen molar-refractivity contribution in [1.82, 2.24) is 0 Å². The zero-order chi connectivity index (χ0) is 8.48. The summed E-state index contributed by atoms with van der Waals surface area (Å²) in [6.45, 7) is 0. The van der Waals surface area contributed by atoms with E-state index in [-0.39, 0.29) is 6.16 Å².